The van der Waals surface area contributed by atoms with Gasteiger partial charge in [-0.15, -0.1) is 24.0 Å². The fraction of sp³-hybridized carbons (Fsp3) is 0.909. The van der Waals surface area contributed by atoms with Gasteiger partial charge in [-0.2, -0.15) is 0 Å². The van der Waals surface area contributed by atoms with Crippen LogP contribution in [0.25, 0.3) is 0 Å². The molecule has 0 amide bonds. The molecule has 0 aliphatic carbocycles. The molecule has 0 spiro atoms. The van der Waals surface area contributed by atoms with E-state index in [1.807, 2.05) is 7.05 Å². The van der Waals surface area contributed by atoms with Gasteiger partial charge < -0.3 is 15.5 Å². The molecule has 5 heteroatoms. The van der Waals surface area contributed by atoms with Crippen molar-refractivity contribution >= 4 is 29.9 Å². The normalized spacial score (nSPS) is 11.6. The summed E-state index contributed by atoms with van der Waals surface area (Å²) < 4.78 is 0. The molecule has 0 unspecified atom stereocenters. The minimum atomic E-state index is 0. The third kappa shape index (κ3) is 12.0. The van der Waals surface area contributed by atoms with Crippen LogP contribution >= 0.6 is 24.0 Å². The van der Waals surface area contributed by atoms with Crippen molar-refractivity contribution in [2.24, 2.45) is 10.9 Å². The lowest BCUT2D eigenvalue weighted by molar-refractivity contribution is 0.399. The van der Waals surface area contributed by atoms with Crippen LogP contribution in [0, 0.1) is 5.92 Å². The molecular formula is C11H27IN4. The molecule has 0 radical (unpaired) electrons. The third-order valence-corrected chi connectivity index (χ3v) is 1.98. The lowest BCUT2D eigenvalue weighted by Crippen LogP contribution is -2.40. The highest BCUT2D eigenvalue weighted by Crippen LogP contribution is 1.87. The predicted molar refractivity (Wildman–Crippen MR) is 82.8 cm³/mol. The number of nitrogens with one attached hydrogen (secondary N) is 2. The van der Waals surface area contributed by atoms with Gasteiger partial charge in [-0.3, -0.25) is 4.99 Å². The first-order valence-electron chi connectivity index (χ1n) is 5.65. The molecule has 0 saturated heterocycles. The molecule has 0 aromatic carbocycles. The van der Waals surface area contributed by atoms with Crippen molar-refractivity contribution in [2.75, 3.05) is 40.8 Å². The van der Waals surface area contributed by atoms with Crippen molar-refractivity contribution in [2.45, 2.75) is 20.3 Å². The molecule has 16 heavy (non-hydrogen) atoms. The average molecular weight is 342 g/mol. The van der Waals surface area contributed by atoms with Crippen LogP contribution in [0.5, 0.6) is 0 Å². The van der Waals surface area contributed by atoms with E-state index in [9.17, 15) is 0 Å². The second-order valence-corrected chi connectivity index (χ2v) is 4.43. The molecular weight excluding hydrogens is 315 g/mol. The van der Waals surface area contributed by atoms with Crippen LogP contribution in [-0.2, 0) is 0 Å². The summed E-state index contributed by atoms with van der Waals surface area (Å²) >= 11 is 0. The molecule has 0 aliphatic rings. The van der Waals surface area contributed by atoms with Crippen LogP contribution in [0.4, 0.5) is 0 Å². The number of hydrogen-bond donors (Lipinski definition) is 2. The molecule has 0 rings (SSSR count). The lowest BCUT2D eigenvalue weighted by Gasteiger charge is -2.14. The van der Waals surface area contributed by atoms with E-state index in [4.69, 9.17) is 0 Å². The maximum Gasteiger partial charge on any atom is 0.190 e. The van der Waals surface area contributed by atoms with Crippen molar-refractivity contribution in [1.29, 1.82) is 0 Å². The Labute approximate surface area is 117 Å². The molecule has 2 N–H and O–H groups in total. The molecule has 0 fully saturated rings. The van der Waals surface area contributed by atoms with Gasteiger partial charge in [0.15, 0.2) is 5.96 Å². The minimum Gasteiger partial charge on any atom is -0.356 e. The quantitative estimate of drug-likeness (QED) is 0.332. The van der Waals surface area contributed by atoms with E-state index in [1.54, 1.807) is 0 Å². The van der Waals surface area contributed by atoms with E-state index in [-0.39, 0.29) is 24.0 Å². The summed E-state index contributed by atoms with van der Waals surface area (Å²) in [7, 11) is 5.99. The Morgan fingerprint density at radius 3 is 2.31 bits per heavy atom. The van der Waals surface area contributed by atoms with Gasteiger partial charge in [0, 0.05) is 20.1 Å². The predicted octanol–water partition coefficient (Wildman–Crippen LogP) is 1.38. The highest BCUT2D eigenvalue weighted by atomic mass is 127. The molecule has 0 atom stereocenters. The Kier molecular flexibility index (Phi) is 13.1. The lowest BCUT2D eigenvalue weighted by atomic mass is 10.2. The maximum absolute atomic E-state index is 4.16. The number of rotatable bonds is 6. The average Bonchev–Trinajstić information content (AvgIpc) is 2.16. The van der Waals surface area contributed by atoms with Crippen LogP contribution in [0.3, 0.4) is 0 Å². The molecule has 4 nitrogen and oxygen atoms in total. The summed E-state index contributed by atoms with van der Waals surface area (Å²) in [5.41, 5.74) is 0. The zero-order chi connectivity index (χ0) is 11.7. The van der Waals surface area contributed by atoms with Gasteiger partial charge in [0.25, 0.3) is 0 Å². The molecule has 0 heterocycles. The first kappa shape index (κ1) is 18.3. The monoisotopic (exact) mass is 342 g/mol. The van der Waals surface area contributed by atoms with Crippen LogP contribution in [0.2, 0.25) is 0 Å². The summed E-state index contributed by atoms with van der Waals surface area (Å²) in [6, 6.07) is 0. The van der Waals surface area contributed by atoms with Gasteiger partial charge in [-0.25, -0.2) is 0 Å². The Morgan fingerprint density at radius 2 is 1.88 bits per heavy atom. The standard InChI is InChI=1S/C11H26N4.HI/c1-10(2)9-14-11(12-3)13-7-6-8-15(4)5;/h10H,6-9H2,1-5H3,(H2,12,13,14);1H. The molecule has 0 bridgehead atoms. The molecule has 0 aromatic heterocycles. The zero-order valence-electron chi connectivity index (χ0n) is 11.2. The van der Waals surface area contributed by atoms with Crippen molar-refractivity contribution in [3.8, 4) is 0 Å². The summed E-state index contributed by atoms with van der Waals surface area (Å²) in [6.45, 7) is 7.41. The van der Waals surface area contributed by atoms with Crippen LogP contribution < -0.4 is 10.6 Å². The van der Waals surface area contributed by atoms with E-state index >= 15 is 0 Å². The van der Waals surface area contributed by atoms with Gasteiger partial charge in [-0.05, 0) is 33.0 Å². The smallest absolute Gasteiger partial charge is 0.190 e. The molecule has 0 aliphatic heterocycles. The number of halogens is 1. The van der Waals surface area contributed by atoms with E-state index in [2.05, 4.69) is 48.5 Å². The summed E-state index contributed by atoms with van der Waals surface area (Å²) in [4.78, 5) is 6.34. The second-order valence-electron chi connectivity index (χ2n) is 4.43. The second kappa shape index (κ2) is 11.4. The van der Waals surface area contributed by atoms with Crippen LogP contribution in [0.15, 0.2) is 4.99 Å². The number of hydrogen-bond acceptors (Lipinski definition) is 2. The van der Waals surface area contributed by atoms with Gasteiger partial charge in [0.2, 0.25) is 0 Å². The van der Waals surface area contributed by atoms with Crippen LogP contribution in [-0.4, -0.2) is 51.6 Å². The topological polar surface area (TPSA) is 39.7 Å². The molecule has 0 saturated carbocycles. The summed E-state index contributed by atoms with van der Waals surface area (Å²) in [5.74, 6) is 1.55. The summed E-state index contributed by atoms with van der Waals surface area (Å²) in [6.07, 6.45) is 1.13. The van der Waals surface area contributed by atoms with Gasteiger partial charge in [-0.1, -0.05) is 13.8 Å². The van der Waals surface area contributed by atoms with Crippen molar-refractivity contribution in [3.05, 3.63) is 0 Å². The Balaban J connectivity index is 0. The first-order chi connectivity index (χ1) is 7.06. The number of guanidine groups is 1. The minimum absolute atomic E-state index is 0. The largest absolute Gasteiger partial charge is 0.356 e. The summed E-state index contributed by atoms with van der Waals surface area (Å²) in [5, 5.41) is 6.57. The molecule has 0 aromatic rings. The van der Waals surface area contributed by atoms with E-state index in [1.165, 1.54) is 0 Å². The van der Waals surface area contributed by atoms with E-state index < -0.39 is 0 Å². The van der Waals surface area contributed by atoms with Gasteiger partial charge in [0.1, 0.15) is 0 Å². The Morgan fingerprint density at radius 1 is 1.25 bits per heavy atom. The van der Waals surface area contributed by atoms with Crippen molar-refractivity contribution < 1.29 is 0 Å². The number of nitrogens with zero attached hydrogens (tertiary/aromatic N) is 2. The van der Waals surface area contributed by atoms with Gasteiger partial charge >= 0.3 is 0 Å². The van der Waals surface area contributed by atoms with E-state index in [0.29, 0.717) is 5.92 Å². The highest BCUT2D eigenvalue weighted by molar-refractivity contribution is 14.0. The van der Waals surface area contributed by atoms with E-state index in [0.717, 1.165) is 32.0 Å². The maximum atomic E-state index is 4.16. The molecule has 98 valence electrons. The van der Waals surface area contributed by atoms with Crippen molar-refractivity contribution in [1.82, 2.24) is 15.5 Å². The van der Waals surface area contributed by atoms with Gasteiger partial charge in [0.05, 0.1) is 0 Å². The highest BCUT2D eigenvalue weighted by Gasteiger charge is 1.98. The zero-order valence-corrected chi connectivity index (χ0v) is 13.5. The number of aliphatic imine (C=N–C) groups is 1. The van der Waals surface area contributed by atoms with Crippen molar-refractivity contribution in [3.63, 3.8) is 0 Å². The fourth-order valence-electron chi connectivity index (χ4n) is 1.12. The van der Waals surface area contributed by atoms with Crippen LogP contribution in [0.1, 0.15) is 20.3 Å². The Bertz CT molecular complexity index is 181. The third-order valence-electron chi connectivity index (χ3n) is 1.98. The SMILES string of the molecule is CN=C(NCCCN(C)C)NCC(C)C.I. The fourth-order valence-corrected chi connectivity index (χ4v) is 1.12. The first-order valence-corrected chi connectivity index (χ1v) is 5.65. The Hall–Kier alpha value is -0.0400.